The number of pyridine rings is 1. The van der Waals surface area contributed by atoms with Gasteiger partial charge in [-0.2, -0.15) is 18.3 Å². The van der Waals surface area contributed by atoms with Crippen LogP contribution in [0.3, 0.4) is 0 Å². The summed E-state index contributed by atoms with van der Waals surface area (Å²) in [6, 6.07) is 10.9. The highest BCUT2D eigenvalue weighted by Crippen LogP contribution is 2.28. The fourth-order valence-corrected chi connectivity index (χ4v) is 3.37. The van der Waals surface area contributed by atoms with Crippen molar-refractivity contribution in [3.63, 3.8) is 0 Å². The molecule has 3 atom stereocenters. The van der Waals surface area contributed by atoms with Crippen molar-refractivity contribution in [2.24, 2.45) is 5.92 Å². The van der Waals surface area contributed by atoms with E-state index < -0.39 is 11.9 Å². The SMILES string of the molecule is CC1C(NC(=O)c2ccc(-n3ccc(C(F)(F)F)n3)cc2)NNC1c1ccncc1. The summed E-state index contributed by atoms with van der Waals surface area (Å²) in [6.07, 6.45) is -0.135. The Labute approximate surface area is 170 Å². The standard InChI is InChI=1S/C20H19F3N6O/c1-12-17(13-6-9-24-10-7-13)26-27-18(12)25-19(30)14-2-4-15(5-3-14)29-11-8-16(28-29)20(21,22)23/h2-12,17-18,26-27H,1H3,(H,25,30). The number of alkyl halides is 3. The smallest absolute Gasteiger partial charge is 0.335 e. The van der Waals surface area contributed by atoms with Crippen LogP contribution in [-0.2, 0) is 6.18 Å². The molecule has 4 rings (SSSR count). The Morgan fingerprint density at radius 3 is 2.40 bits per heavy atom. The molecule has 3 heterocycles. The zero-order valence-electron chi connectivity index (χ0n) is 15.9. The lowest BCUT2D eigenvalue weighted by Gasteiger charge is -2.20. The number of amides is 1. The number of nitrogens with one attached hydrogen (secondary N) is 3. The Morgan fingerprint density at radius 2 is 1.77 bits per heavy atom. The highest BCUT2D eigenvalue weighted by atomic mass is 19.4. The quantitative estimate of drug-likeness (QED) is 0.609. The third-order valence-corrected chi connectivity index (χ3v) is 5.07. The van der Waals surface area contributed by atoms with E-state index >= 15 is 0 Å². The summed E-state index contributed by atoms with van der Waals surface area (Å²) in [5.74, 6) is -0.222. The zero-order valence-corrected chi connectivity index (χ0v) is 15.9. The van der Waals surface area contributed by atoms with Gasteiger partial charge in [-0.25, -0.2) is 15.5 Å². The van der Waals surface area contributed by atoms with E-state index in [4.69, 9.17) is 0 Å². The maximum absolute atomic E-state index is 12.7. The van der Waals surface area contributed by atoms with Crippen molar-refractivity contribution in [2.45, 2.75) is 25.3 Å². The van der Waals surface area contributed by atoms with E-state index in [1.54, 1.807) is 36.7 Å². The first-order valence-corrected chi connectivity index (χ1v) is 9.28. The third-order valence-electron chi connectivity index (χ3n) is 5.07. The second-order valence-corrected chi connectivity index (χ2v) is 7.05. The second kappa shape index (κ2) is 7.88. The highest BCUT2D eigenvalue weighted by Gasteiger charge is 2.35. The average molecular weight is 416 g/mol. The largest absolute Gasteiger partial charge is 0.435 e. The van der Waals surface area contributed by atoms with Gasteiger partial charge in [-0.15, -0.1) is 0 Å². The minimum atomic E-state index is -4.50. The van der Waals surface area contributed by atoms with Crippen molar-refractivity contribution in [3.05, 3.63) is 77.9 Å². The van der Waals surface area contributed by atoms with Gasteiger partial charge in [-0.1, -0.05) is 6.92 Å². The van der Waals surface area contributed by atoms with Gasteiger partial charge in [0, 0.05) is 30.1 Å². The summed E-state index contributed by atoms with van der Waals surface area (Å²) in [5.41, 5.74) is 7.17. The van der Waals surface area contributed by atoms with Crippen molar-refractivity contribution in [1.82, 2.24) is 30.9 Å². The van der Waals surface area contributed by atoms with E-state index in [1.165, 1.54) is 6.20 Å². The molecule has 1 amide bonds. The van der Waals surface area contributed by atoms with Crippen molar-refractivity contribution in [2.75, 3.05) is 0 Å². The number of hydrogen-bond acceptors (Lipinski definition) is 5. The van der Waals surface area contributed by atoms with Gasteiger partial charge in [-0.05, 0) is 48.0 Å². The number of rotatable bonds is 4. The minimum absolute atomic E-state index is 0.0170. The van der Waals surface area contributed by atoms with Crippen molar-refractivity contribution in [3.8, 4) is 5.69 Å². The first-order valence-electron chi connectivity index (χ1n) is 9.28. The van der Waals surface area contributed by atoms with E-state index in [2.05, 4.69) is 26.3 Å². The molecule has 0 aliphatic carbocycles. The maximum atomic E-state index is 12.7. The van der Waals surface area contributed by atoms with Gasteiger partial charge in [0.25, 0.3) is 5.91 Å². The van der Waals surface area contributed by atoms with Crippen LogP contribution in [0.4, 0.5) is 13.2 Å². The fourth-order valence-electron chi connectivity index (χ4n) is 3.37. The number of hydrogen-bond donors (Lipinski definition) is 3. The van der Waals surface area contributed by atoms with Gasteiger partial charge in [-0.3, -0.25) is 9.78 Å². The zero-order chi connectivity index (χ0) is 21.3. The third kappa shape index (κ3) is 4.05. The first-order chi connectivity index (χ1) is 14.3. The van der Waals surface area contributed by atoms with Crippen LogP contribution in [0, 0.1) is 5.92 Å². The van der Waals surface area contributed by atoms with E-state index in [1.807, 2.05) is 19.1 Å². The lowest BCUT2D eigenvalue weighted by atomic mass is 9.95. The monoisotopic (exact) mass is 416 g/mol. The first kappa shape index (κ1) is 20.0. The molecular weight excluding hydrogens is 397 g/mol. The van der Waals surface area contributed by atoms with Crippen LogP contribution < -0.4 is 16.2 Å². The molecule has 2 aromatic heterocycles. The Kier molecular flexibility index (Phi) is 5.27. The number of nitrogens with zero attached hydrogens (tertiary/aromatic N) is 3. The molecule has 1 fully saturated rings. The second-order valence-electron chi connectivity index (χ2n) is 7.05. The molecule has 3 aromatic rings. The van der Waals surface area contributed by atoms with Crippen molar-refractivity contribution >= 4 is 5.91 Å². The van der Waals surface area contributed by atoms with E-state index in [0.717, 1.165) is 16.3 Å². The Bertz CT molecular complexity index is 1020. The summed E-state index contributed by atoms with van der Waals surface area (Å²) in [4.78, 5) is 16.6. The predicted molar refractivity (Wildman–Crippen MR) is 102 cm³/mol. The molecule has 1 aliphatic heterocycles. The normalized spacial score (nSPS) is 21.5. The van der Waals surface area contributed by atoms with Gasteiger partial charge in [0.2, 0.25) is 0 Å². The summed E-state index contributed by atoms with van der Waals surface area (Å²) in [7, 11) is 0. The van der Waals surface area contributed by atoms with Crippen LogP contribution in [-0.4, -0.2) is 26.8 Å². The Hall–Kier alpha value is -3.24. The molecule has 0 bridgehead atoms. The molecule has 10 heteroatoms. The van der Waals surface area contributed by atoms with Gasteiger partial charge < -0.3 is 5.32 Å². The number of aromatic nitrogens is 3. The predicted octanol–water partition coefficient (Wildman–Crippen LogP) is 2.83. The number of hydrazine groups is 1. The summed E-state index contributed by atoms with van der Waals surface area (Å²) >= 11 is 0. The molecule has 3 N–H and O–H groups in total. The molecule has 1 aromatic carbocycles. The van der Waals surface area contributed by atoms with Crippen molar-refractivity contribution < 1.29 is 18.0 Å². The topological polar surface area (TPSA) is 83.9 Å². The average Bonchev–Trinajstić information content (AvgIpc) is 3.37. The summed E-state index contributed by atoms with van der Waals surface area (Å²) in [6.45, 7) is 2.02. The lowest BCUT2D eigenvalue weighted by molar-refractivity contribution is -0.141. The summed E-state index contributed by atoms with van der Waals surface area (Å²) in [5, 5.41) is 6.45. The van der Waals surface area contributed by atoms with Gasteiger partial charge in [0.1, 0.15) is 0 Å². The van der Waals surface area contributed by atoms with Crippen LogP contribution in [0.15, 0.2) is 61.1 Å². The van der Waals surface area contributed by atoms with Crippen LogP contribution in [0.2, 0.25) is 0 Å². The van der Waals surface area contributed by atoms with Gasteiger partial charge in [0.15, 0.2) is 5.69 Å². The highest BCUT2D eigenvalue weighted by molar-refractivity contribution is 5.94. The van der Waals surface area contributed by atoms with Crippen molar-refractivity contribution in [1.29, 1.82) is 0 Å². The Balaban J connectivity index is 1.41. The fraction of sp³-hybridized carbons (Fsp3) is 0.250. The molecule has 0 saturated carbocycles. The maximum Gasteiger partial charge on any atom is 0.435 e. The summed E-state index contributed by atoms with van der Waals surface area (Å²) < 4.78 is 39.2. The van der Waals surface area contributed by atoms with E-state index in [-0.39, 0.29) is 24.0 Å². The molecule has 1 aliphatic rings. The number of benzene rings is 1. The van der Waals surface area contributed by atoms with Crippen LogP contribution in [0.5, 0.6) is 0 Å². The number of carbonyl (C=O) groups is 1. The number of halogens is 3. The lowest BCUT2D eigenvalue weighted by Crippen LogP contribution is -2.46. The van der Waals surface area contributed by atoms with Crippen LogP contribution >= 0.6 is 0 Å². The molecule has 0 radical (unpaired) electrons. The Morgan fingerprint density at radius 1 is 1.07 bits per heavy atom. The van der Waals surface area contributed by atoms with E-state index in [0.29, 0.717) is 11.3 Å². The molecule has 30 heavy (non-hydrogen) atoms. The minimum Gasteiger partial charge on any atom is -0.335 e. The molecule has 0 spiro atoms. The van der Waals surface area contributed by atoms with Crippen LogP contribution in [0.1, 0.15) is 34.6 Å². The van der Waals surface area contributed by atoms with Gasteiger partial charge in [0.05, 0.1) is 17.9 Å². The van der Waals surface area contributed by atoms with Gasteiger partial charge >= 0.3 is 6.18 Å². The molecular formula is C20H19F3N6O. The molecule has 156 valence electrons. The molecule has 7 nitrogen and oxygen atoms in total. The van der Waals surface area contributed by atoms with Crippen LogP contribution in [0.25, 0.3) is 5.69 Å². The van der Waals surface area contributed by atoms with E-state index in [9.17, 15) is 18.0 Å². The molecule has 3 unspecified atom stereocenters. The number of carbonyl (C=O) groups excluding carboxylic acids is 1. The molecule has 1 saturated heterocycles.